The van der Waals surface area contributed by atoms with Crippen LogP contribution in [0, 0.1) is 0 Å². The largest absolute Gasteiger partial charge is 0.416 e. The number of ether oxygens (including phenoxy) is 1. The third-order valence-electron chi connectivity index (χ3n) is 3.72. The second-order valence-corrected chi connectivity index (χ2v) is 5.82. The van der Waals surface area contributed by atoms with Crippen molar-refractivity contribution < 1.29 is 22.7 Å². The van der Waals surface area contributed by atoms with Crippen molar-refractivity contribution in [2.75, 3.05) is 37.4 Å². The van der Waals surface area contributed by atoms with Crippen molar-refractivity contribution in [3.8, 4) is 0 Å². The van der Waals surface area contributed by atoms with Crippen molar-refractivity contribution in [2.45, 2.75) is 12.7 Å². The molecule has 0 atom stereocenters. The molecule has 146 valence electrons. The fraction of sp³-hybridized carbons (Fsp3) is 0.316. The lowest BCUT2D eigenvalue weighted by Gasteiger charge is -2.16. The summed E-state index contributed by atoms with van der Waals surface area (Å²) in [7, 11) is 1.54. The molecule has 2 rings (SSSR count). The summed E-state index contributed by atoms with van der Waals surface area (Å²) in [6.45, 7) is 1.28. The number of carbonyl (C=O) groups is 1. The van der Waals surface area contributed by atoms with E-state index in [4.69, 9.17) is 4.74 Å². The van der Waals surface area contributed by atoms with Gasteiger partial charge in [-0.15, -0.1) is 0 Å². The van der Waals surface area contributed by atoms with Gasteiger partial charge in [-0.1, -0.05) is 30.3 Å². The molecule has 0 aromatic heterocycles. The summed E-state index contributed by atoms with van der Waals surface area (Å²) >= 11 is 0. The Morgan fingerprint density at radius 1 is 1.07 bits per heavy atom. The van der Waals surface area contributed by atoms with E-state index in [9.17, 15) is 18.0 Å². The monoisotopic (exact) mass is 381 g/mol. The predicted octanol–water partition coefficient (Wildman–Crippen LogP) is 3.49. The van der Waals surface area contributed by atoms with E-state index < -0.39 is 17.6 Å². The van der Waals surface area contributed by atoms with Crippen molar-refractivity contribution >= 4 is 17.3 Å². The molecule has 0 bridgehead atoms. The number of anilines is 2. The van der Waals surface area contributed by atoms with E-state index in [0.717, 1.165) is 17.7 Å². The van der Waals surface area contributed by atoms with Crippen LogP contribution in [0.15, 0.2) is 48.5 Å². The molecule has 5 nitrogen and oxygen atoms in total. The Labute approximate surface area is 155 Å². The van der Waals surface area contributed by atoms with Crippen LogP contribution in [-0.4, -0.2) is 32.7 Å². The summed E-state index contributed by atoms with van der Waals surface area (Å²) in [5.74, 6) is -0.437. The molecule has 27 heavy (non-hydrogen) atoms. The molecule has 0 heterocycles. The van der Waals surface area contributed by atoms with Gasteiger partial charge in [0.1, 0.15) is 0 Å². The Hall–Kier alpha value is -2.58. The van der Waals surface area contributed by atoms with Gasteiger partial charge in [-0.05, 0) is 23.8 Å². The van der Waals surface area contributed by atoms with Crippen molar-refractivity contribution in [2.24, 2.45) is 0 Å². The van der Waals surface area contributed by atoms with E-state index in [-0.39, 0.29) is 12.2 Å². The molecule has 0 unspecified atom stereocenters. The van der Waals surface area contributed by atoms with E-state index >= 15 is 0 Å². The molecule has 0 saturated carbocycles. The smallest absolute Gasteiger partial charge is 0.383 e. The number of carbonyl (C=O) groups excluding carboxylic acids is 1. The van der Waals surface area contributed by atoms with Crippen LogP contribution in [0.3, 0.4) is 0 Å². The normalized spacial score (nSPS) is 11.3. The van der Waals surface area contributed by atoms with Gasteiger partial charge in [0, 0.05) is 20.2 Å². The number of alkyl halides is 3. The highest BCUT2D eigenvalue weighted by Gasteiger charge is 2.31. The first kappa shape index (κ1) is 20.7. The highest BCUT2D eigenvalue weighted by molar-refractivity contribution is 5.95. The van der Waals surface area contributed by atoms with E-state index in [0.29, 0.717) is 25.4 Å². The molecular formula is C19H22F3N3O2. The van der Waals surface area contributed by atoms with Gasteiger partial charge in [-0.25, -0.2) is 0 Å². The third kappa shape index (κ3) is 6.92. The Bertz CT molecular complexity index is 737. The van der Waals surface area contributed by atoms with Crippen LogP contribution < -0.4 is 16.0 Å². The molecule has 2 aromatic carbocycles. The fourth-order valence-electron chi connectivity index (χ4n) is 2.34. The van der Waals surface area contributed by atoms with E-state index in [1.165, 1.54) is 13.2 Å². The first-order chi connectivity index (χ1) is 12.9. The Balaban J connectivity index is 2.11. The minimum Gasteiger partial charge on any atom is -0.383 e. The van der Waals surface area contributed by atoms with Crippen LogP contribution in [-0.2, 0) is 22.3 Å². The second kappa shape index (κ2) is 9.94. The molecule has 0 aliphatic rings. The number of benzene rings is 2. The van der Waals surface area contributed by atoms with Crippen molar-refractivity contribution in [1.82, 2.24) is 5.32 Å². The topological polar surface area (TPSA) is 62.4 Å². The van der Waals surface area contributed by atoms with E-state index in [1.54, 1.807) is 0 Å². The number of hydrogen-bond donors (Lipinski definition) is 3. The number of nitrogens with one attached hydrogen (secondary N) is 3. The van der Waals surface area contributed by atoms with E-state index in [2.05, 4.69) is 16.0 Å². The van der Waals surface area contributed by atoms with Crippen LogP contribution in [0.25, 0.3) is 0 Å². The number of rotatable bonds is 9. The van der Waals surface area contributed by atoms with Gasteiger partial charge in [0.2, 0.25) is 5.91 Å². The number of hydrogen-bond acceptors (Lipinski definition) is 4. The van der Waals surface area contributed by atoms with Gasteiger partial charge in [0.15, 0.2) is 0 Å². The van der Waals surface area contributed by atoms with E-state index in [1.807, 2.05) is 30.3 Å². The van der Waals surface area contributed by atoms with Gasteiger partial charge < -0.3 is 20.7 Å². The number of amides is 1. The summed E-state index contributed by atoms with van der Waals surface area (Å²) in [6.07, 6.45) is -4.49. The average molecular weight is 381 g/mol. The summed E-state index contributed by atoms with van der Waals surface area (Å²) in [4.78, 5) is 12.0. The first-order valence-corrected chi connectivity index (χ1v) is 8.38. The molecule has 0 fully saturated rings. The molecule has 0 aliphatic carbocycles. The lowest BCUT2D eigenvalue weighted by atomic mass is 10.1. The van der Waals surface area contributed by atoms with Crippen LogP contribution in [0.4, 0.5) is 24.5 Å². The van der Waals surface area contributed by atoms with Crippen LogP contribution in [0.2, 0.25) is 0 Å². The summed E-state index contributed by atoms with van der Waals surface area (Å²) < 4.78 is 43.9. The quantitative estimate of drug-likeness (QED) is 0.582. The van der Waals surface area contributed by atoms with Gasteiger partial charge >= 0.3 is 6.18 Å². The SMILES string of the molecule is COCCNCC(=O)Nc1cc(C(F)(F)F)ccc1NCc1ccccc1. The maximum atomic E-state index is 13.0. The number of methoxy groups -OCH3 is 1. The Kier molecular flexibility index (Phi) is 7.63. The number of halogens is 3. The maximum Gasteiger partial charge on any atom is 0.416 e. The van der Waals surface area contributed by atoms with Gasteiger partial charge in [0.05, 0.1) is 30.1 Å². The first-order valence-electron chi connectivity index (χ1n) is 8.38. The molecule has 0 spiro atoms. The van der Waals surface area contributed by atoms with Gasteiger partial charge in [-0.2, -0.15) is 13.2 Å². The summed E-state index contributed by atoms with van der Waals surface area (Å²) in [6, 6.07) is 12.7. The fourth-order valence-corrected chi connectivity index (χ4v) is 2.34. The molecule has 0 saturated heterocycles. The Morgan fingerprint density at radius 3 is 2.48 bits per heavy atom. The maximum absolute atomic E-state index is 13.0. The van der Waals surface area contributed by atoms with Gasteiger partial charge in [-0.3, -0.25) is 4.79 Å². The molecule has 0 radical (unpaired) electrons. The molecular weight excluding hydrogens is 359 g/mol. The van der Waals surface area contributed by atoms with Crippen LogP contribution in [0.5, 0.6) is 0 Å². The highest BCUT2D eigenvalue weighted by Crippen LogP contribution is 2.34. The summed E-state index contributed by atoms with van der Waals surface area (Å²) in [5, 5.41) is 8.45. The zero-order valence-electron chi connectivity index (χ0n) is 14.9. The van der Waals surface area contributed by atoms with Gasteiger partial charge in [0.25, 0.3) is 0 Å². The lowest BCUT2D eigenvalue weighted by molar-refractivity contribution is -0.137. The highest BCUT2D eigenvalue weighted by atomic mass is 19.4. The van der Waals surface area contributed by atoms with Crippen molar-refractivity contribution in [1.29, 1.82) is 0 Å². The zero-order valence-corrected chi connectivity index (χ0v) is 14.9. The molecule has 0 aliphatic heterocycles. The lowest BCUT2D eigenvalue weighted by Crippen LogP contribution is -2.30. The van der Waals surface area contributed by atoms with Crippen molar-refractivity contribution in [3.05, 3.63) is 59.7 Å². The molecule has 1 amide bonds. The molecule has 2 aromatic rings. The van der Waals surface area contributed by atoms with Crippen LogP contribution >= 0.6 is 0 Å². The predicted molar refractivity (Wildman–Crippen MR) is 98.6 cm³/mol. The zero-order chi connectivity index (χ0) is 19.7. The minimum absolute atomic E-state index is 0.0300. The standard InChI is InChI=1S/C19H22F3N3O2/c1-27-10-9-23-13-18(26)25-17-11-15(19(20,21)22)7-8-16(17)24-12-14-5-3-2-4-6-14/h2-8,11,23-24H,9-10,12-13H2,1H3,(H,25,26). The third-order valence-corrected chi connectivity index (χ3v) is 3.72. The van der Waals surface area contributed by atoms with Crippen LogP contribution in [0.1, 0.15) is 11.1 Å². The summed E-state index contributed by atoms with van der Waals surface area (Å²) in [5.41, 5.74) is 0.641. The molecule has 3 N–H and O–H groups in total. The van der Waals surface area contributed by atoms with Crippen molar-refractivity contribution in [3.63, 3.8) is 0 Å². The average Bonchev–Trinajstić information content (AvgIpc) is 2.64. The minimum atomic E-state index is -4.49. The molecule has 8 heteroatoms. The second-order valence-electron chi connectivity index (χ2n) is 5.82. The Morgan fingerprint density at radius 2 is 1.81 bits per heavy atom.